The largest absolute Gasteiger partial charge is 0.344 e. The summed E-state index contributed by atoms with van der Waals surface area (Å²) in [6, 6.07) is 19.5. The number of nitrogens with one attached hydrogen (secondary N) is 1. The molecule has 1 aromatic heterocycles. The monoisotopic (exact) mass is 432 g/mol. The zero-order chi connectivity index (χ0) is 19.0. The van der Waals surface area contributed by atoms with Gasteiger partial charge in [-0.15, -0.1) is 0 Å². The van der Waals surface area contributed by atoms with E-state index in [2.05, 4.69) is 9.98 Å². The van der Waals surface area contributed by atoms with Crippen LogP contribution in [0, 0.1) is 0 Å². The highest BCUT2D eigenvalue weighted by molar-refractivity contribution is 6.78. The molecule has 3 aromatic rings. The molecule has 0 aliphatic carbocycles. The van der Waals surface area contributed by atoms with Crippen molar-refractivity contribution in [3.63, 3.8) is 0 Å². The van der Waals surface area contributed by atoms with E-state index in [9.17, 15) is 0 Å². The number of rotatable bonds is 3. The molecule has 2 aromatic carbocycles. The molecule has 0 fully saturated rings. The Morgan fingerprint density at radius 1 is 0.778 bits per heavy atom. The molecule has 4 rings (SSSR count). The van der Waals surface area contributed by atoms with Crippen LogP contribution in [-0.4, -0.2) is 10.2 Å². The van der Waals surface area contributed by atoms with Gasteiger partial charge in [0.15, 0.2) is 0 Å². The van der Waals surface area contributed by atoms with Gasteiger partial charge in [-0.2, -0.15) is 0 Å². The van der Waals surface area contributed by atoms with Gasteiger partial charge < -0.3 is 4.98 Å². The maximum atomic E-state index is 6.45. The van der Waals surface area contributed by atoms with Crippen LogP contribution in [0.4, 0.5) is 0 Å². The van der Waals surface area contributed by atoms with Gasteiger partial charge in [-0.1, -0.05) is 107 Å². The van der Waals surface area contributed by atoms with Crippen molar-refractivity contribution in [1.29, 1.82) is 0 Å². The van der Waals surface area contributed by atoms with Gasteiger partial charge in [0, 0.05) is 11.1 Å². The summed E-state index contributed by atoms with van der Waals surface area (Å²) in [6.45, 7) is 0. The van der Waals surface area contributed by atoms with Gasteiger partial charge in [0.2, 0.25) is 0 Å². The summed E-state index contributed by atoms with van der Waals surface area (Å²) in [6.07, 6.45) is 1.86. The molecular weight excluding hydrogens is 422 g/mol. The lowest BCUT2D eigenvalue weighted by Gasteiger charge is -2.06. The predicted octanol–water partition coefficient (Wildman–Crippen LogP) is 7.63. The van der Waals surface area contributed by atoms with Gasteiger partial charge >= 0.3 is 0 Å². The SMILES string of the molecule is ClC1=N/C(=C\c2[nH]c(Cl)c(Cl)c2-c2ccccc2)C(c2ccccc2)=C1Cl. The molecule has 0 bridgehead atoms. The quantitative estimate of drug-likeness (QED) is 0.439. The van der Waals surface area contributed by atoms with Gasteiger partial charge in [-0.05, 0) is 17.2 Å². The van der Waals surface area contributed by atoms with E-state index >= 15 is 0 Å². The number of hydrogen-bond donors (Lipinski definition) is 1. The molecule has 0 radical (unpaired) electrons. The van der Waals surface area contributed by atoms with E-state index in [1.807, 2.05) is 66.7 Å². The van der Waals surface area contributed by atoms with Crippen molar-refractivity contribution in [2.45, 2.75) is 0 Å². The van der Waals surface area contributed by atoms with Crippen molar-refractivity contribution in [3.8, 4) is 11.1 Å². The van der Waals surface area contributed by atoms with Crippen LogP contribution in [-0.2, 0) is 0 Å². The fourth-order valence-electron chi connectivity index (χ4n) is 3.01. The van der Waals surface area contributed by atoms with Crippen LogP contribution in [0.3, 0.4) is 0 Å². The minimum absolute atomic E-state index is 0.256. The van der Waals surface area contributed by atoms with Crippen LogP contribution >= 0.6 is 46.4 Å². The van der Waals surface area contributed by atoms with Crippen LogP contribution in [0.2, 0.25) is 10.2 Å². The fraction of sp³-hybridized carbons (Fsp3) is 0. The summed E-state index contributed by atoms with van der Waals surface area (Å²) in [5, 5.41) is 1.50. The topological polar surface area (TPSA) is 28.1 Å². The number of benzene rings is 2. The molecule has 6 heteroatoms. The second-order valence-electron chi connectivity index (χ2n) is 5.89. The normalized spacial score (nSPS) is 15.6. The van der Waals surface area contributed by atoms with Gasteiger partial charge in [0.05, 0.1) is 21.4 Å². The Bertz CT molecular complexity index is 1090. The molecule has 0 amide bonds. The minimum Gasteiger partial charge on any atom is -0.344 e. The molecule has 1 aliphatic rings. The van der Waals surface area contributed by atoms with Crippen molar-refractivity contribution in [1.82, 2.24) is 4.98 Å². The number of aromatic amines is 1. The molecule has 134 valence electrons. The number of hydrogen-bond acceptors (Lipinski definition) is 1. The number of nitrogens with zero attached hydrogens (tertiary/aromatic N) is 1. The first-order valence-corrected chi connectivity index (χ1v) is 9.61. The molecule has 2 heterocycles. The van der Waals surface area contributed by atoms with Crippen molar-refractivity contribution in [2.75, 3.05) is 0 Å². The second kappa shape index (κ2) is 7.57. The first-order valence-electron chi connectivity index (χ1n) is 8.10. The van der Waals surface area contributed by atoms with Gasteiger partial charge in [-0.25, -0.2) is 4.99 Å². The first-order chi connectivity index (χ1) is 13.1. The van der Waals surface area contributed by atoms with E-state index in [0.717, 1.165) is 28.0 Å². The van der Waals surface area contributed by atoms with Crippen LogP contribution in [0.15, 0.2) is 76.4 Å². The summed E-state index contributed by atoms with van der Waals surface area (Å²) >= 11 is 25.4. The summed E-state index contributed by atoms with van der Waals surface area (Å²) in [5.74, 6) is 0. The molecule has 0 saturated heterocycles. The average molecular weight is 434 g/mol. The first kappa shape index (κ1) is 18.4. The highest BCUT2D eigenvalue weighted by Crippen LogP contribution is 2.42. The highest BCUT2D eigenvalue weighted by atomic mass is 35.5. The Balaban J connectivity index is 1.89. The number of allylic oxidation sites excluding steroid dienone is 2. The maximum absolute atomic E-state index is 6.45. The third-order valence-electron chi connectivity index (χ3n) is 4.21. The van der Waals surface area contributed by atoms with Gasteiger partial charge in [-0.3, -0.25) is 0 Å². The zero-order valence-electron chi connectivity index (χ0n) is 13.8. The third kappa shape index (κ3) is 3.46. The molecule has 0 saturated carbocycles. The van der Waals surface area contributed by atoms with E-state index in [0.29, 0.717) is 20.9 Å². The average Bonchev–Trinajstić information content (AvgIpc) is 3.12. The number of H-pyrrole nitrogens is 1. The number of aromatic nitrogens is 1. The zero-order valence-corrected chi connectivity index (χ0v) is 16.8. The standard InChI is InChI=1S/C21H12Cl4N2/c22-18-16(12-7-3-1-4-8-12)14(26-20(18)24)11-15-17(19(23)21(25)27-15)13-9-5-2-6-10-13/h1-11,26H/b15-11-. The molecule has 1 aliphatic heterocycles. The Hall–Kier alpha value is -1.97. The highest BCUT2D eigenvalue weighted by Gasteiger charge is 2.24. The van der Waals surface area contributed by atoms with Crippen LogP contribution in [0.5, 0.6) is 0 Å². The molecule has 27 heavy (non-hydrogen) atoms. The molecule has 0 unspecified atom stereocenters. The second-order valence-corrected chi connectivity index (χ2v) is 7.39. The summed E-state index contributed by atoms with van der Waals surface area (Å²) < 4.78 is 0. The van der Waals surface area contributed by atoms with Gasteiger partial charge in [0.25, 0.3) is 0 Å². The van der Waals surface area contributed by atoms with Crippen molar-refractivity contribution in [2.24, 2.45) is 4.99 Å². The van der Waals surface area contributed by atoms with Crippen molar-refractivity contribution >= 4 is 63.2 Å². The summed E-state index contributed by atoms with van der Waals surface area (Å²) in [5.41, 5.74) is 4.82. The van der Waals surface area contributed by atoms with E-state index in [-0.39, 0.29) is 5.17 Å². The Morgan fingerprint density at radius 2 is 1.37 bits per heavy atom. The number of aliphatic imine (C=N–C) groups is 1. The predicted molar refractivity (Wildman–Crippen MR) is 117 cm³/mol. The lowest BCUT2D eigenvalue weighted by molar-refractivity contribution is 1.36. The molecule has 2 nitrogen and oxygen atoms in total. The molecule has 0 spiro atoms. The Kier molecular flexibility index (Phi) is 5.16. The summed E-state index contributed by atoms with van der Waals surface area (Å²) in [4.78, 5) is 7.55. The van der Waals surface area contributed by atoms with Crippen LogP contribution in [0.25, 0.3) is 22.8 Å². The van der Waals surface area contributed by atoms with E-state index in [4.69, 9.17) is 46.4 Å². The lowest BCUT2D eigenvalue weighted by Crippen LogP contribution is -1.88. The van der Waals surface area contributed by atoms with Gasteiger partial charge in [0.1, 0.15) is 10.3 Å². The Morgan fingerprint density at radius 3 is 2.00 bits per heavy atom. The molecular formula is C21H12Cl4N2. The number of halogens is 4. The van der Waals surface area contributed by atoms with Crippen LogP contribution in [0.1, 0.15) is 11.3 Å². The fourth-order valence-corrected chi connectivity index (χ4v) is 3.89. The van der Waals surface area contributed by atoms with Crippen LogP contribution < -0.4 is 0 Å². The van der Waals surface area contributed by atoms with E-state index in [1.54, 1.807) is 0 Å². The van der Waals surface area contributed by atoms with E-state index < -0.39 is 0 Å². The Labute approximate surface area is 176 Å². The molecule has 0 atom stereocenters. The van der Waals surface area contributed by atoms with Crippen molar-refractivity contribution in [3.05, 3.63) is 92.8 Å². The van der Waals surface area contributed by atoms with E-state index in [1.165, 1.54) is 0 Å². The smallest absolute Gasteiger partial charge is 0.149 e. The van der Waals surface area contributed by atoms with Crippen molar-refractivity contribution < 1.29 is 0 Å². The maximum Gasteiger partial charge on any atom is 0.149 e. The summed E-state index contributed by atoms with van der Waals surface area (Å²) in [7, 11) is 0. The third-order valence-corrected chi connectivity index (χ3v) is 5.70. The molecule has 1 N–H and O–H groups in total. The lowest BCUT2D eigenvalue weighted by atomic mass is 10.0. The minimum atomic E-state index is 0.256.